The number of anilines is 1. The third-order valence-corrected chi connectivity index (χ3v) is 3.39. The van der Waals surface area contributed by atoms with Crippen molar-refractivity contribution in [3.05, 3.63) is 67.3 Å². The van der Waals surface area contributed by atoms with Crippen LogP contribution in [0, 0.1) is 20.6 Å². The van der Waals surface area contributed by atoms with Gasteiger partial charge in [0.2, 0.25) is 0 Å². The lowest BCUT2D eigenvalue weighted by molar-refractivity contribution is -0.384. The molecular formula is C14H13IN2O2. The number of halogens is 1. The smallest absolute Gasteiger partial charge is 0.293 e. The van der Waals surface area contributed by atoms with Crippen LogP contribution in [0.4, 0.5) is 11.4 Å². The summed E-state index contributed by atoms with van der Waals surface area (Å²) in [4.78, 5) is 10.6. The fourth-order valence-corrected chi connectivity index (χ4v) is 2.30. The van der Waals surface area contributed by atoms with E-state index < -0.39 is 0 Å². The van der Waals surface area contributed by atoms with Crippen molar-refractivity contribution in [2.45, 2.75) is 13.5 Å². The molecule has 4 nitrogen and oxygen atoms in total. The average molecular weight is 368 g/mol. The van der Waals surface area contributed by atoms with Crippen LogP contribution < -0.4 is 5.32 Å². The van der Waals surface area contributed by atoms with Crippen LogP contribution in [0.2, 0.25) is 0 Å². The molecule has 1 N–H and O–H groups in total. The van der Waals surface area contributed by atoms with Gasteiger partial charge in [-0.2, -0.15) is 0 Å². The minimum atomic E-state index is -0.360. The van der Waals surface area contributed by atoms with Gasteiger partial charge in [-0.15, -0.1) is 0 Å². The maximum Gasteiger partial charge on any atom is 0.293 e. The van der Waals surface area contributed by atoms with E-state index in [1.807, 2.05) is 31.2 Å². The Hall–Kier alpha value is -1.63. The number of nitro groups is 1. The number of nitrogens with zero attached hydrogens (tertiary/aromatic N) is 1. The first-order valence-corrected chi connectivity index (χ1v) is 6.87. The molecule has 0 saturated heterocycles. The second-order valence-corrected chi connectivity index (χ2v) is 5.51. The Morgan fingerprint density at radius 2 is 2.05 bits per heavy atom. The number of nitro benzene ring substituents is 1. The zero-order valence-corrected chi connectivity index (χ0v) is 12.5. The van der Waals surface area contributed by atoms with Gasteiger partial charge in [-0.1, -0.05) is 29.8 Å². The largest absolute Gasteiger partial charge is 0.375 e. The summed E-state index contributed by atoms with van der Waals surface area (Å²) in [6.45, 7) is 2.60. The van der Waals surface area contributed by atoms with E-state index in [-0.39, 0.29) is 10.6 Å². The molecule has 0 heterocycles. The lowest BCUT2D eigenvalue weighted by Crippen LogP contribution is -2.03. The minimum absolute atomic E-state index is 0.111. The summed E-state index contributed by atoms with van der Waals surface area (Å²) in [6, 6.07) is 13.2. The fraction of sp³-hybridized carbons (Fsp3) is 0.143. The number of aryl methyl sites for hydroxylation is 1. The lowest BCUT2D eigenvalue weighted by Gasteiger charge is -2.08. The van der Waals surface area contributed by atoms with Gasteiger partial charge in [0, 0.05) is 16.2 Å². The first-order chi connectivity index (χ1) is 9.06. The summed E-state index contributed by atoms with van der Waals surface area (Å²) in [5.41, 5.74) is 2.94. The first kappa shape index (κ1) is 13.8. The van der Waals surface area contributed by atoms with Crippen LogP contribution in [-0.2, 0) is 6.54 Å². The van der Waals surface area contributed by atoms with Crippen molar-refractivity contribution in [3.63, 3.8) is 0 Å². The molecule has 2 aromatic carbocycles. The molecule has 0 bridgehead atoms. The maximum absolute atomic E-state index is 11.0. The van der Waals surface area contributed by atoms with Gasteiger partial charge in [0.05, 0.1) is 4.92 Å². The van der Waals surface area contributed by atoms with Crippen molar-refractivity contribution in [2.24, 2.45) is 0 Å². The number of nitrogens with one attached hydrogen (secondary N) is 1. The van der Waals surface area contributed by atoms with Gasteiger partial charge < -0.3 is 5.32 Å². The molecule has 0 fully saturated rings. The molecule has 0 atom stereocenters. The van der Waals surface area contributed by atoms with Crippen molar-refractivity contribution in [3.8, 4) is 0 Å². The molecule has 0 aromatic heterocycles. The summed E-state index contributed by atoms with van der Waals surface area (Å²) >= 11 is 2.07. The van der Waals surface area contributed by atoms with E-state index >= 15 is 0 Å². The predicted molar refractivity (Wildman–Crippen MR) is 84.3 cm³/mol. The van der Waals surface area contributed by atoms with Gasteiger partial charge >= 0.3 is 0 Å². The van der Waals surface area contributed by atoms with Crippen LogP contribution in [0.3, 0.4) is 0 Å². The Morgan fingerprint density at radius 3 is 2.74 bits per heavy atom. The lowest BCUT2D eigenvalue weighted by atomic mass is 10.1. The predicted octanol–water partition coefficient (Wildman–Crippen LogP) is 4.12. The molecule has 0 unspecified atom stereocenters. The Morgan fingerprint density at radius 1 is 1.26 bits per heavy atom. The average Bonchev–Trinajstić information content (AvgIpc) is 2.37. The van der Waals surface area contributed by atoms with Crippen molar-refractivity contribution >= 4 is 34.0 Å². The zero-order valence-electron chi connectivity index (χ0n) is 10.4. The number of hydrogen-bond acceptors (Lipinski definition) is 3. The monoisotopic (exact) mass is 368 g/mol. The van der Waals surface area contributed by atoms with Crippen LogP contribution in [0.15, 0.2) is 42.5 Å². The number of hydrogen-bond donors (Lipinski definition) is 1. The minimum Gasteiger partial charge on any atom is -0.375 e. The van der Waals surface area contributed by atoms with E-state index in [2.05, 4.69) is 34.0 Å². The summed E-state index contributed by atoms with van der Waals surface area (Å²) in [7, 11) is 0. The molecule has 0 spiro atoms. The van der Waals surface area contributed by atoms with E-state index in [9.17, 15) is 10.1 Å². The van der Waals surface area contributed by atoms with E-state index in [0.29, 0.717) is 12.2 Å². The van der Waals surface area contributed by atoms with Gasteiger partial charge in [-0.05, 0) is 47.2 Å². The molecule has 0 aliphatic heterocycles. The van der Waals surface area contributed by atoms with Crippen LogP contribution >= 0.6 is 22.6 Å². The first-order valence-electron chi connectivity index (χ1n) is 5.79. The quantitative estimate of drug-likeness (QED) is 0.502. The fourth-order valence-electron chi connectivity index (χ4n) is 1.82. The van der Waals surface area contributed by atoms with E-state index in [4.69, 9.17) is 0 Å². The zero-order chi connectivity index (χ0) is 13.8. The molecule has 19 heavy (non-hydrogen) atoms. The number of rotatable bonds is 4. The molecule has 0 saturated carbocycles. The molecule has 0 amide bonds. The Labute approximate surface area is 125 Å². The van der Waals surface area contributed by atoms with Crippen LogP contribution in [0.1, 0.15) is 11.1 Å². The van der Waals surface area contributed by atoms with Crippen molar-refractivity contribution in [1.29, 1.82) is 0 Å². The van der Waals surface area contributed by atoms with Gasteiger partial charge in [0.1, 0.15) is 5.69 Å². The second kappa shape index (κ2) is 6.01. The van der Waals surface area contributed by atoms with E-state index in [1.54, 1.807) is 12.1 Å². The molecule has 2 rings (SSSR count). The normalized spacial score (nSPS) is 10.2. The van der Waals surface area contributed by atoms with Gasteiger partial charge in [0.25, 0.3) is 5.69 Å². The molecule has 2 aromatic rings. The highest BCUT2D eigenvalue weighted by atomic mass is 127. The van der Waals surface area contributed by atoms with Gasteiger partial charge in [-0.25, -0.2) is 0 Å². The highest BCUT2D eigenvalue weighted by Gasteiger charge is 2.13. The molecular weight excluding hydrogens is 355 g/mol. The Kier molecular flexibility index (Phi) is 4.36. The standard InChI is InChI=1S/C14H13IN2O2/c1-10-3-2-4-11(7-10)9-16-13-6-5-12(15)8-14(13)17(18)19/h2-8,16H,9H2,1H3. The highest BCUT2D eigenvalue weighted by molar-refractivity contribution is 14.1. The second-order valence-electron chi connectivity index (χ2n) is 4.26. The Bertz CT molecular complexity index is 614. The topological polar surface area (TPSA) is 55.2 Å². The van der Waals surface area contributed by atoms with Crippen molar-refractivity contribution in [2.75, 3.05) is 5.32 Å². The van der Waals surface area contributed by atoms with Gasteiger partial charge in [0.15, 0.2) is 0 Å². The van der Waals surface area contributed by atoms with Gasteiger partial charge in [-0.3, -0.25) is 10.1 Å². The van der Waals surface area contributed by atoms with E-state index in [0.717, 1.165) is 9.13 Å². The molecule has 5 heteroatoms. The van der Waals surface area contributed by atoms with Crippen LogP contribution in [0.25, 0.3) is 0 Å². The summed E-state index contributed by atoms with van der Waals surface area (Å²) in [5, 5.41) is 14.1. The summed E-state index contributed by atoms with van der Waals surface area (Å²) < 4.78 is 0.852. The van der Waals surface area contributed by atoms with Crippen LogP contribution in [0.5, 0.6) is 0 Å². The van der Waals surface area contributed by atoms with Crippen molar-refractivity contribution < 1.29 is 4.92 Å². The summed E-state index contributed by atoms with van der Waals surface area (Å²) in [5.74, 6) is 0. The van der Waals surface area contributed by atoms with Crippen molar-refractivity contribution in [1.82, 2.24) is 0 Å². The van der Waals surface area contributed by atoms with E-state index in [1.165, 1.54) is 5.56 Å². The molecule has 0 radical (unpaired) electrons. The van der Waals surface area contributed by atoms with Crippen LogP contribution in [-0.4, -0.2) is 4.92 Å². The summed E-state index contributed by atoms with van der Waals surface area (Å²) in [6.07, 6.45) is 0. The highest BCUT2D eigenvalue weighted by Crippen LogP contribution is 2.26. The molecule has 98 valence electrons. The number of benzene rings is 2. The maximum atomic E-state index is 11.0. The third kappa shape index (κ3) is 3.66. The Balaban J connectivity index is 2.17. The third-order valence-electron chi connectivity index (χ3n) is 2.72. The SMILES string of the molecule is Cc1cccc(CNc2ccc(I)cc2[N+](=O)[O-])c1. The molecule has 0 aliphatic carbocycles. The molecule has 0 aliphatic rings.